The number of hydrogen-bond acceptors (Lipinski definition) is 2. The fourth-order valence-electron chi connectivity index (χ4n) is 0.895. The minimum atomic E-state index is -0.539. The molecule has 0 bridgehead atoms. The third-order valence-electron chi connectivity index (χ3n) is 1.42. The van der Waals surface area contributed by atoms with Crippen LogP contribution in [0.25, 0.3) is 0 Å². The molecule has 0 aromatic heterocycles. The fraction of sp³-hybridized carbons (Fsp3) is 0.250. The average molecular weight is 190 g/mol. The second-order valence-corrected chi connectivity index (χ2v) is 2.91. The zero-order valence-electron chi connectivity index (χ0n) is 6.73. The summed E-state index contributed by atoms with van der Waals surface area (Å²) in [7, 11) is 1.32. The van der Waals surface area contributed by atoms with Crippen LogP contribution in [0.5, 0.6) is 5.75 Å². The Kier molecular flexibility index (Phi) is 2.92. The maximum atomic E-state index is 12.9. The predicted octanol–water partition coefficient (Wildman–Crippen LogP) is 2.70. The van der Waals surface area contributed by atoms with Crippen LogP contribution in [0.3, 0.4) is 0 Å². The number of rotatable bonds is 2. The van der Waals surface area contributed by atoms with E-state index in [1.165, 1.54) is 7.11 Å². The van der Waals surface area contributed by atoms with Gasteiger partial charge >= 0.3 is 0 Å². The first-order chi connectivity index (χ1) is 5.70. The van der Waals surface area contributed by atoms with Crippen molar-refractivity contribution >= 4 is 11.8 Å². The van der Waals surface area contributed by atoms with Crippen molar-refractivity contribution in [1.82, 2.24) is 0 Å². The molecule has 0 atom stereocenters. The maximum Gasteiger partial charge on any atom is 0.171 e. The molecule has 1 aromatic carbocycles. The van der Waals surface area contributed by atoms with Gasteiger partial charge in [0.25, 0.3) is 0 Å². The van der Waals surface area contributed by atoms with Crippen LogP contribution in [0.4, 0.5) is 8.78 Å². The molecule has 0 N–H and O–H groups in total. The molecular formula is C8H8F2OS. The van der Waals surface area contributed by atoms with Gasteiger partial charge in [-0.25, -0.2) is 8.78 Å². The summed E-state index contributed by atoms with van der Waals surface area (Å²) in [4.78, 5) is 0.206. The first kappa shape index (κ1) is 9.32. The van der Waals surface area contributed by atoms with Gasteiger partial charge in [-0.05, 0) is 18.4 Å². The topological polar surface area (TPSA) is 9.23 Å². The Morgan fingerprint density at radius 3 is 2.25 bits per heavy atom. The van der Waals surface area contributed by atoms with E-state index in [9.17, 15) is 8.78 Å². The van der Waals surface area contributed by atoms with Gasteiger partial charge in [0, 0.05) is 0 Å². The van der Waals surface area contributed by atoms with E-state index < -0.39 is 11.6 Å². The van der Waals surface area contributed by atoms with Crippen molar-refractivity contribution < 1.29 is 13.5 Å². The van der Waals surface area contributed by atoms with Crippen molar-refractivity contribution in [3.05, 3.63) is 23.8 Å². The van der Waals surface area contributed by atoms with E-state index in [1.807, 2.05) is 0 Å². The predicted molar refractivity (Wildman–Crippen MR) is 44.7 cm³/mol. The molecule has 0 aliphatic heterocycles. The van der Waals surface area contributed by atoms with Crippen LogP contribution in [0.1, 0.15) is 0 Å². The lowest BCUT2D eigenvalue weighted by Crippen LogP contribution is -1.93. The second-order valence-electron chi connectivity index (χ2n) is 2.10. The minimum absolute atomic E-state index is 0.0255. The summed E-state index contributed by atoms with van der Waals surface area (Å²) in [5.74, 6) is -1.02. The highest BCUT2D eigenvalue weighted by molar-refractivity contribution is 7.98. The summed E-state index contributed by atoms with van der Waals surface area (Å²) >= 11 is 1.12. The largest absolute Gasteiger partial charge is 0.492 e. The summed E-state index contributed by atoms with van der Waals surface area (Å²) in [6.07, 6.45) is 1.67. The smallest absolute Gasteiger partial charge is 0.171 e. The molecule has 4 heteroatoms. The quantitative estimate of drug-likeness (QED) is 0.663. The summed E-state index contributed by atoms with van der Waals surface area (Å²) in [5, 5.41) is 0. The van der Waals surface area contributed by atoms with E-state index in [0.717, 1.165) is 23.9 Å². The lowest BCUT2D eigenvalue weighted by molar-refractivity contribution is 0.369. The van der Waals surface area contributed by atoms with Crippen molar-refractivity contribution in [2.45, 2.75) is 4.90 Å². The monoisotopic (exact) mass is 190 g/mol. The van der Waals surface area contributed by atoms with Gasteiger partial charge in [0.1, 0.15) is 5.82 Å². The molecule has 0 heterocycles. The highest BCUT2D eigenvalue weighted by atomic mass is 32.2. The van der Waals surface area contributed by atoms with Crippen LogP contribution >= 0.6 is 11.8 Å². The first-order valence-corrected chi connectivity index (χ1v) is 4.49. The molecule has 0 saturated carbocycles. The Morgan fingerprint density at radius 1 is 1.25 bits per heavy atom. The fourth-order valence-corrected chi connectivity index (χ4v) is 1.52. The molecule has 0 aliphatic carbocycles. The molecule has 0 radical (unpaired) electrons. The Bertz CT molecular complexity index is 260. The molecule has 1 aromatic rings. The minimum Gasteiger partial charge on any atom is -0.492 e. The molecule has 0 unspecified atom stereocenters. The summed E-state index contributed by atoms with van der Waals surface area (Å²) < 4.78 is 30.6. The van der Waals surface area contributed by atoms with Gasteiger partial charge in [0.2, 0.25) is 0 Å². The van der Waals surface area contributed by atoms with Gasteiger partial charge in [-0.3, -0.25) is 0 Å². The third-order valence-corrected chi connectivity index (χ3v) is 2.21. The van der Waals surface area contributed by atoms with E-state index in [2.05, 4.69) is 0 Å². The lowest BCUT2D eigenvalue weighted by Gasteiger charge is -2.07. The summed E-state index contributed by atoms with van der Waals surface area (Å²) in [6.45, 7) is 0. The van der Waals surface area contributed by atoms with Gasteiger partial charge in [-0.1, -0.05) is 0 Å². The molecule has 0 spiro atoms. The standard InChI is InChI=1S/C8H8F2OS/c1-11-7-5(9)3-4-6(10)8(7)12-2/h3-4H,1-2H3. The molecule has 66 valence electrons. The number of benzene rings is 1. The van der Waals surface area contributed by atoms with Crippen LogP contribution in [-0.4, -0.2) is 13.4 Å². The SMILES string of the molecule is COc1c(F)ccc(F)c1SC. The van der Waals surface area contributed by atoms with Crippen LogP contribution in [0.15, 0.2) is 17.0 Å². The van der Waals surface area contributed by atoms with E-state index in [0.29, 0.717) is 0 Å². The van der Waals surface area contributed by atoms with Crippen LogP contribution < -0.4 is 4.74 Å². The number of hydrogen-bond donors (Lipinski definition) is 0. The van der Waals surface area contributed by atoms with Crippen LogP contribution in [0.2, 0.25) is 0 Å². The van der Waals surface area contributed by atoms with E-state index in [4.69, 9.17) is 4.74 Å². The number of ether oxygens (including phenoxy) is 1. The Morgan fingerprint density at radius 2 is 1.83 bits per heavy atom. The van der Waals surface area contributed by atoms with Gasteiger partial charge < -0.3 is 4.74 Å². The molecule has 1 rings (SSSR count). The third kappa shape index (κ3) is 1.53. The highest BCUT2D eigenvalue weighted by Gasteiger charge is 2.12. The number of halogens is 2. The molecule has 1 nitrogen and oxygen atoms in total. The maximum absolute atomic E-state index is 12.9. The Labute approximate surface area is 73.7 Å². The Hall–Kier alpha value is -0.770. The molecule has 12 heavy (non-hydrogen) atoms. The van der Waals surface area contributed by atoms with E-state index >= 15 is 0 Å². The second kappa shape index (κ2) is 3.76. The zero-order valence-corrected chi connectivity index (χ0v) is 7.54. The molecular weight excluding hydrogens is 182 g/mol. The van der Waals surface area contributed by atoms with E-state index in [1.54, 1.807) is 6.26 Å². The van der Waals surface area contributed by atoms with Crippen molar-refractivity contribution in [3.8, 4) is 5.75 Å². The highest BCUT2D eigenvalue weighted by Crippen LogP contribution is 2.32. The zero-order chi connectivity index (χ0) is 9.14. The van der Waals surface area contributed by atoms with Gasteiger partial charge in [0.15, 0.2) is 11.6 Å². The Balaban J connectivity index is 3.28. The average Bonchev–Trinajstić information content (AvgIpc) is 2.08. The van der Waals surface area contributed by atoms with Crippen molar-refractivity contribution in [1.29, 1.82) is 0 Å². The molecule has 0 aliphatic rings. The van der Waals surface area contributed by atoms with Crippen molar-refractivity contribution in [3.63, 3.8) is 0 Å². The number of thioether (sulfide) groups is 1. The van der Waals surface area contributed by atoms with Gasteiger partial charge in [0.05, 0.1) is 12.0 Å². The summed E-state index contributed by atoms with van der Waals surface area (Å²) in [6, 6.07) is 2.14. The van der Waals surface area contributed by atoms with Crippen LogP contribution in [0, 0.1) is 11.6 Å². The van der Waals surface area contributed by atoms with Gasteiger partial charge in [-0.15, -0.1) is 11.8 Å². The molecule has 0 saturated heterocycles. The van der Waals surface area contributed by atoms with Crippen LogP contribution in [-0.2, 0) is 0 Å². The summed E-state index contributed by atoms with van der Waals surface area (Å²) in [5.41, 5.74) is 0. The van der Waals surface area contributed by atoms with Crippen molar-refractivity contribution in [2.24, 2.45) is 0 Å². The molecule has 0 fully saturated rings. The van der Waals surface area contributed by atoms with Crippen molar-refractivity contribution in [2.75, 3.05) is 13.4 Å². The lowest BCUT2D eigenvalue weighted by atomic mass is 10.3. The van der Waals surface area contributed by atoms with Gasteiger partial charge in [-0.2, -0.15) is 0 Å². The number of methoxy groups -OCH3 is 1. The first-order valence-electron chi connectivity index (χ1n) is 3.26. The molecule has 0 amide bonds. The van der Waals surface area contributed by atoms with E-state index in [-0.39, 0.29) is 10.6 Å². The normalized spacial score (nSPS) is 10.0.